The van der Waals surface area contributed by atoms with Crippen molar-refractivity contribution < 1.29 is 14.7 Å². The van der Waals surface area contributed by atoms with Gasteiger partial charge < -0.3 is 21.5 Å². The highest BCUT2D eigenvalue weighted by molar-refractivity contribution is 5.77. The number of piperazine rings is 1. The number of nitrogens with zero attached hydrogens (tertiary/aromatic N) is 1. The molecular formula is C32H52N4O3. The number of hydrogen-bond donors (Lipinski definition) is 4. The van der Waals surface area contributed by atoms with Crippen molar-refractivity contribution in [2.75, 3.05) is 39.3 Å². The summed E-state index contributed by atoms with van der Waals surface area (Å²) in [5.74, 6) is -0.650. The molecule has 7 heteroatoms. The van der Waals surface area contributed by atoms with Crippen LogP contribution in [0.3, 0.4) is 0 Å². The van der Waals surface area contributed by atoms with Crippen LogP contribution in [0.25, 0.3) is 0 Å². The van der Waals surface area contributed by atoms with Crippen molar-refractivity contribution in [1.82, 2.24) is 15.5 Å². The van der Waals surface area contributed by atoms with E-state index < -0.39 is 6.10 Å². The van der Waals surface area contributed by atoms with Crippen LogP contribution in [-0.2, 0) is 28.9 Å². The van der Waals surface area contributed by atoms with Crippen molar-refractivity contribution in [3.8, 4) is 0 Å². The van der Waals surface area contributed by atoms with Crippen LogP contribution in [0.5, 0.6) is 0 Å². The number of carbonyl (C=O) groups is 2. The number of aliphatic hydroxyl groups is 1. The van der Waals surface area contributed by atoms with Crippen LogP contribution in [-0.4, -0.2) is 67.7 Å². The normalized spacial score (nSPS) is 15.5. The van der Waals surface area contributed by atoms with Crippen molar-refractivity contribution in [3.05, 3.63) is 71.3 Å². The monoisotopic (exact) mass is 540 g/mol. The van der Waals surface area contributed by atoms with Gasteiger partial charge in [0, 0.05) is 45.2 Å². The number of aliphatic hydroxyl groups excluding tert-OH is 1. The van der Waals surface area contributed by atoms with Crippen molar-refractivity contribution in [2.45, 2.75) is 71.8 Å². The van der Waals surface area contributed by atoms with E-state index in [1.807, 2.05) is 44.2 Å². The molecule has 2 aromatic carbocycles. The number of nitrogens with two attached hydrogens (primary N) is 1. The fourth-order valence-corrected chi connectivity index (χ4v) is 4.65. The molecule has 1 aliphatic heterocycles. The summed E-state index contributed by atoms with van der Waals surface area (Å²) in [5, 5.41) is 16.1. The van der Waals surface area contributed by atoms with Gasteiger partial charge in [0.25, 0.3) is 0 Å². The highest BCUT2D eigenvalue weighted by Gasteiger charge is 2.22. The fraction of sp³-hybridized carbons (Fsp3) is 0.562. The molecular weight excluding hydrogens is 488 g/mol. The lowest BCUT2D eigenvalue weighted by molar-refractivity contribution is -0.122. The number of carbonyl (C=O) groups excluding carboxylic acids is 2. The smallest absolute Gasteiger partial charge is 0.220 e. The Morgan fingerprint density at radius 3 is 2.18 bits per heavy atom. The first kappa shape index (κ1) is 34.3. The molecule has 1 aliphatic carbocycles. The Hall–Kier alpha value is -2.74. The van der Waals surface area contributed by atoms with Crippen molar-refractivity contribution >= 4 is 12.3 Å². The zero-order valence-corrected chi connectivity index (χ0v) is 24.4. The Kier molecular flexibility index (Phi) is 19.4. The lowest BCUT2D eigenvalue weighted by Gasteiger charge is -2.30. The lowest BCUT2D eigenvalue weighted by Crippen LogP contribution is -2.46. The van der Waals surface area contributed by atoms with E-state index in [0.29, 0.717) is 19.4 Å². The van der Waals surface area contributed by atoms with Crippen molar-refractivity contribution in [2.24, 2.45) is 11.7 Å². The van der Waals surface area contributed by atoms with Crippen molar-refractivity contribution in [1.29, 1.82) is 0 Å². The molecule has 1 unspecified atom stereocenters. The first-order chi connectivity index (χ1) is 19.0. The molecule has 1 heterocycles. The third kappa shape index (κ3) is 15.4. The molecule has 39 heavy (non-hydrogen) atoms. The van der Waals surface area contributed by atoms with Gasteiger partial charge in [-0.3, -0.25) is 14.5 Å². The van der Waals surface area contributed by atoms with E-state index in [0.717, 1.165) is 57.5 Å². The molecule has 2 aromatic rings. The summed E-state index contributed by atoms with van der Waals surface area (Å²) in [6.45, 7) is 11.3. The predicted molar refractivity (Wildman–Crippen MR) is 162 cm³/mol. The molecule has 1 saturated heterocycles. The van der Waals surface area contributed by atoms with Gasteiger partial charge in [-0.15, -0.1) is 0 Å². The fourth-order valence-electron chi connectivity index (χ4n) is 4.65. The number of fused-ring (bicyclic) bond motifs is 1. The molecule has 1 fully saturated rings. The average molecular weight is 541 g/mol. The molecule has 4 rings (SSSR count). The number of β-amino-alcohol motifs (C(OH)–C–C–N with tert-alkyl or cyclic N) is 1. The van der Waals surface area contributed by atoms with Crippen LogP contribution in [0, 0.1) is 5.92 Å². The minimum atomic E-state index is -0.510. The number of nitrogens with one attached hydrogen (secondary N) is 2. The Bertz CT molecular complexity index is 865. The van der Waals surface area contributed by atoms with Gasteiger partial charge in [0.05, 0.1) is 6.10 Å². The summed E-state index contributed by atoms with van der Waals surface area (Å²) < 4.78 is 0. The van der Waals surface area contributed by atoms with Gasteiger partial charge in [0.2, 0.25) is 12.3 Å². The molecule has 2 amide bonds. The first-order valence-electron chi connectivity index (χ1n) is 14.7. The molecule has 0 radical (unpaired) electrons. The third-order valence-corrected chi connectivity index (χ3v) is 6.73. The molecule has 0 spiro atoms. The van der Waals surface area contributed by atoms with Crippen LogP contribution in [0.4, 0.5) is 0 Å². The van der Waals surface area contributed by atoms with E-state index in [9.17, 15) is 14.7 Å². The molecule has 5 N–H and O–H groups in total. The lowest BCUT2D eigenvalue weighted by atomic mass is 9.93. The van der Waals surface area contributed by atoms with Crippen LogP contribution < -0.4 is 16.4 Å². The van der Waals surface area contributed by atoms with Gasteiger partial charge in [-0.25, -0.2) is 0 Å². The number of hydrogen-bond acceptors (Lipinski definition) is 5. The molecule has 7 nitrogen and oxygen atoms in total. The highest BCUT2D eigenvalue weighted by Crippen LogP contribution is 2.20. The molecule has 0 aromatic heterocycles. The van der Waals surface area contributed by atoms with E-state index in [1.54, 1.807) is 11.1 Å². The SMILES string of the molecule is CC.CCCCNC=O.NC(=O)[C@H](Cc1ccccc1)CC(O)CN1CCNCC1.c1ccc2c(c1)CCC2. The van der Waals surface area contributed by atoms with E-state index in [4.69, 9.17) is 5.73 Å². The van der Waals surface area contributed by atoms with Gasteiger partial charge in [0.1, 0.15) is 0 Å². The van der Waals surface area contributed by atoms with Gasteiger partial charge in [-0.05, 0) is 55.2 Å². The summed E-state index contributed by atoms with van der Waals surface area (Å²) >= 11 is 0. The molecule has 0 bridgehead atoms. The van der Waals surface area contributed by atoms with Gasteiger partial charge in [-0.2, -0.15) is 0 Å². The number of amides is 2. The topological polar surface area (TPSA) is 108 Å². The molecule has 0 saturated carbocycles. The molecule has 2 aliphatic rings. The summed E-state index contributed by atoms with van der Waals surface area (Å²) in [6, 6.07) is 18.5. The predicted octanol–water partition coefficient (Wildman–Crippen LogP) is 3.72. The van der Waals surface area contributed by atoms with Crippen LogP contribution >= 0.6 is 0 Å². The van der Waals surface area contributed by atoms with Crippen molar-refractivity contribution in [3.63, 3.8) is 0 Å². The van der Waals surface area contributed by atoms with E-state index in [-0.39, 0.29) is 11.8 Å². The van der Waals surface area contributed by atoms with Crippen LogP contribution in [0.15, 0.2) is 54.6 Å². The number of unbranched alkanes of at least 4 members (excludes halogenated alkanes) is 1. The second-order valence-corrected chi connectivity index (χ2v) is 9.78. The van der Waals surface area contributed by atoms with Gasteiger partial charge in [-0.1, -0.05) is 81.8 Å². The quantitative estimate of drug-likeness (QED) is 0.257. The Morgan fingerprint density at radius 1 is 1.05 bits per heavy atom. The summed E-state index contributed by atoms with van der Waals surface area (Å²) in [4.78, 5) is 23.4. The maximum absolute atomic E-state index is 11.6. The second kappa shape index (κ2) is 22.1. The summed E-state index contributed by atoms with van der Waals surface area (Å²) in [7, 11) is 0. The van der Waals surface area contributed by atoms with Crippen LogP contribution in [0.2, 0.25) is 0 Å². The number of rotatable bonds is 11. The Balaban J connectivity index is 0.000000345. The minimum absolute atomic E-state index is 0.315. The number of aryl methyl sites for hydroxylation is 2. The standard InChI is InChI=1S/C16H25N3O2.C9H10.C5H11NO.C2H6/c17-16(21)14(10-13-4-2-1-3-5-13)11-15(20)12-19-8-6-18-7-9-19;1-2-5-9-7-3-6-8(9)4-1;1-2-3-4-6-5-7;1-2/h1-5,14-15,18,20H,6-12H2,(H2,17,21);1-2,4-5H,3,6-7H2;5H,2-4H2,1H3,(H,6,7);1-2H3/t14-,15?;;;/m1.../s1. The highest BCUT2D eigenvalue weighted by atomic mass is 16.3. The minimum Gasteiger partial charge on any atom is -0.392 e. The zero-order valence-electron chi connectivity index (χ0n) is 24.4. The maximum Gasteiger partial charge on any atom is 0.220 e. The maximum atomic E-state index is 11.6. The zero-order chi connectivity index (χ0) is 28.7. The third-order valence-electron chi connectivity index (χ3n) is 6.73. The van der Waals surface area contributed by atoms with Gasteiger partial charge in [0.15, 0.2) is 0 Å². The Morgan fingerprint density at radius 2 is 1.64 bits per heavy atom. The second-order valence-electron chi connectivity index (χ2n) is 9.78. The average Bonchev–Trinajstić information content (AvgIpc) is 3.45. The largest absolute Gasteiger partial charge is 0.392 e. The van der Waals surface area contributed by atoms with Gasteiger partial charge >= 0.3 is 0 Å². The Labute approximate surface area is 236 Å². The van der Waals surface area contributed by atoms with E-state index in [1.165, 1.54) is 19.3 Å². The number of primary amides is 1. The summed E-state index contributed by atoms with van der Waals surface area (Å²) in [5.41, 5.74) is 9.71. The van der Waals surface area contributed by atoms with E-state index >= 15 is 0 Å². The molecule has 218 valence electrons. The van der Waals surface area contributed by atoms with Crippen LogP contribution in [0.1, 0.15) is 63.1 Å². The first-order valence-corrected chi connectivity index (χ1v) is 14.7. The number of benzene rings is 2. The summed E-state index contributed by atoms with van der Waals surface area (Å²) in [6.07, 6.45) is 7.42. The van der Waals surface area contributed by atoms with E-state index in [2.05, 4.69) is 46.7 Å². The molecule has 2 atom stereocenters.